The van der Waals surface area contributed by atoms with Gasteiger partial charge >= 0.3 is 0 Å². The van der Waals surface area contributed by atoms with Crippen LogP contribution >= 0.6 is 0 Å². The minimum absolute atomic E-state index is 1.05. The molecule has 0 saturated carbocycles. The van der Waals surface area contributed by atoms with Gasteiger partial charge in [-0.15, -0.1) is 0 Å². The van der Waals surface area contributed by atoms with E-state index in [9.17, 15) is 0 Å². The van der Waals surface area contributed by atoms with Crippen LogP contribution in [0, 0.1) is 13.8 Å². The van der Waals surface area contributed by atoms with E-state index < -0.39 is 0 Å². The maximum absolute atomic E-state index is 4.35. The quantitative estimate of drug-likeness (QED) is 0.785. The summed E-state index contributed by atoms with van der Waals surface area (Å²) in [6, 6.07) is 6.53. The van der Waals surface area contributed by atoms with Crippen LogP contribution in [0.5, 0.6) is 0 Å². The predicted octanol–water partition coefficient (Wildman–Crippen LogP) is 3.21. The standard InChI is InChI=1S/C15H20N2/c1-12-6-4-7-13(2)14(12)8-5-9-15-16-10-11-17(15)3/h4,6-7,10-11H,5,8-9H2,1-3H3. The van der Waals surface area contributed by atoms with Gasteiger partial charge in [0.05, 0.1) is 0 Å². The maximum atomic E-state index is 4.35. The van der Waals surface area contributed by atoms with Gasteiger partial charge < -0.3 is 4.57 Å². The summed E-state index contributed by atoms with van der Waals surface area (Å²) in [5.41, 5.74) is 4.32. The molecule has 1 heterocycles. The van der Waals surface area contributed by atoms with E-state index in [0.717, 1.165) is 19.3 Å². The zero-order chi connectivity index (χ0) is 12.3. The molecule has 2 heteroatoms. The van der Waals surface area contributed by atoms with Crippen molar-refractivity contribution < 1.29 is 0 Å². The largest absolute Gasteiger partial charge is 0.338 e. The van der Waals surface area contributed by atoms with E-state index in [1.165, 1.54) is 22.5 Å². The number of aryl methyl sites for hydroxylation is 4. The second-order valence-corrected chi connectivity index (χ2v) is 4.68. The first-order chi connectivity index (χ1) is 8.18. The minimum Gasteiger partial charge on any atom is -0.338 e. The number of imidazole rings is 1. The van der Waals surface area contributed by atoms with Gasteiger partial charge in [0, 0.05) is 25.9 Å². The summed E-state index contributed by atoms with van der Waals surface area (Å²) in [7, 11) is 2.06. The molecule has 17 heavy (non-hydrogen) atoms. The van der Waals surface area contributed by atoms with Crippen molar-refractivity contribution in [3.63, 3.8) is 0 Å². The fraction of sp³-hybridized carbons (Fsp3) is 0.400. The van der Waals surface area contributed by atoms with E-state index in [2.05, 4.69) is 48.6 Å². The summed E-state index contributed by atoms with van der Waals surface area (Å²) in [5.74, 6) is 1.18. The Bertz CT molecular complexity index is 477. The summed E-state index contributed by atoms with van der Waals surface area (Å²) >= 11 is 0. The third-order valence-electron chi connectivity index (χ3n) is 3.39. The van der Waals surface area contributed by atoms with Crippen molar-refractivity contribution in [2.24, 2.45) is 7.05 Å². The third-order valence-corrected chi connectivity index (χ3v) is 3.39. The van der Waals surface area contributed by atoms with Crippen LogP contribution in [0.4, 0.5) is 0 Å². The Morgan fingerprint density at radius 1 is 1.12 bits per heavy atom. The number of hydrogen-bond acceptors (Lipinski definition) is 1. The smallest absolute Gasteiger partial charge is 0.108 e. The lowest BCUT2D eigenvalue weighted by Gasteiger charge is -2.09. The fourth-order valence-corrected chi connectivity index (χ4v) is 2.30. The maximum Gasteiger partial charge on any atom is 0.108 e. The number of benzene rings is 1. The molecule has 1 aromatic carbocycles. The highest BCUT2D eigenvalue weighted by Gasteiger charge is 2.03. The molecule has 0 unspecified atom stereocenters. The highest BCUT2D eigenvalue weighted by molar-refractivity contribution is 5.33. The molecule has 0 radical (unpaired) electrons. The molecule has 0 amide bonds. The molecule has 0 aliphatic heterocycles. The van der Waals surface area contributed by atoms with Crippen molar-refractivity contribution in [3.8, 4) is 0 Å². The van der Waals surface area contributed by atoms with E-state index in [0.29, 0.717) is 0 Å². The lowest BCUT2D eigenvalue weighted by molar-refractivity contribution is 0.720. The van der Waals surface area contributed by atoms with Crippen LogP contribution in [0.2, 0.25) is 0 Å². The molecule has 0 N–H and O–H groups in total. The normalized spacial score (nSPS) is 10.8. The van der Waals surface area contributed by atoms with Crippen LogP contribution in [0.15, 0.2) is 30.6 Å². The van der Waals surface area contributed by atoms with E-state index >= 15 is 0 Å². The van der Waals surface area contributed by atoms with Crippen molar-refractivity contribution in [2.75, 3.05) is 0 Å². The van der Waals surface area contributed by atoms with Gasteiger partial charge in [-0.25, -0.2) is 4.98 Å². The second-order valence-electron chi connectivity index (χ2n) is 4.68. The first-order valence-electron chi connectivity index (χ1n) is 6.20. The Labute approximate surface area is 103 Å². The molecule has 90 valence electrons. The molecular formula is C15H20N2. The van der Waals surface area contributed by atoms with Gasteiger partial charge in [0.25, 0.3) is 0 Å². The Kier molecular flexibility index (Phi) is 3.62. The number of aromatic nitrogens is 2. The van der Waals surface area contributed by atoms with E-state index in [-0.39, 0.29) is 0 Å². The van der Waals surface area contributed by atoms with Crippen molar-refractivity contribution in [2.45, 2.75) is 33.1 Å². The Balaban J connectivity index is 1.97. The summed E-state index contributed by atoms with van der Waals surface area (Å²) in [6.45, 7) is 4.40. The van der Waals surface area contributed by atoms with Gasteiger partial charge in [0.1, 0.15) is 5.82 Å². The Morgan fingerprint density at radius 3 is 2.41 bits per heavy atom. The molecule has 0 atom stereocenters. The van der Waals surface area contributed by atoms with E-state index in [1.54, 1.807) is 0 Å². The summed E-state index contributed by atoms with van der Waals surface area (Å²) in [5, 5.41) is 0. The second kappa shape index (κ2) is 5.17. The van der Waals surface area contributed by atoms with Crippen LogP contribution in [-0.2, 0) is 19.9 Å². The highest BCUT2D eigenvalue weighted by atomic mass is 15.0. The third kappa shape index (κ3) is 2.76. The highest BCUT2D eigenvalue weighted by Crippen LogP contribution is 2.16. The summed E-state index contributed by atoms with van der Waals surface area (Å²) < 4.78 is 2.10. The van der Waals surface area contributed by atoms with Crippen LogP contribution < -0.4 is 0 Å². The number of hydrogen-bond donors (Lipinski definition) is 0. The topological polar surface area (TPSA) is 17.8 Å². The molecule has 0 fully saturated rings. The Hall–Kier alpha value is -1.57. The molecular weight excluding hydrogens is 208 g/mol. The van der Waals surface area contributed by atoms with Crippen LogP contribution in [0.3, 0.4) is 0 Å². The zero-order valence-corrected chi connectivity index (χ0v) is 10.9. The summed E-state index contributed by atoms with van der Waals surface area (Å²) in [4.78, 5) is 4.35. The van der Waals surface area contributed by atoms with Crippen molar-refractivity contribution in [1.82, 2.24) is 9.55 Å². The van der Waals surface area contributed by atoms with Gasteiger partial charge in [-0.1, -0.05) is 18.2 Å². The molecule has 0 saturated heterocycles. The number of nitrogens with zero attached hydrogens (tertiary/aromatic N) is 2. The van der Waals surface area contributed by atoms with E-state index in [1.807, 2.05) is 12.4 Å². The molecule has 0 bridgehead atoms. The van der Waals surface area contributed by atoms with Gasteiger partial charge in [0.2, 0.25) is 0 Å². The predicted molar refractivity (Wildman–Crippen MR) is 71.1 cm³/mol. The molecule has 0 spiro atoms. The first kappa shape index (κ1) is 11.9. The van der Waals surface area contributed by atoms with Gasteiger partial charge in [-0.3, -0.25) is 0 Å². The molecule has 2 nitrogen and oxygen atoms in total. The number of rotatable bonds is 4. The van der Waals surface area contributed by atoms with Crippen molar-refractivity contribution >= 4 is 0 Å². The SMILES string of the molecule is Cc1cccc(C)c1CCCc1nccn1C. The molecule has 0 aliphatic carbocycles. The molecule has 1 aromatic heterocycles. The first-order valence-corrected chi connectivity index (χ1v) is 6.20. The van der Waals surface area contributed by atoms with Crippen LogP contribution in [-0.4, -0.2) is 9.55 Å². The average molecular weight is 228 g/mol. The molecule has 0 aliphatic rings. The van der Waals surface area contributed by atoms with Gasteiger partial charge in [-0.2, -0.15) is 0 Å². The van der Waals surface area contributed by atoms with Gasteiger partial charge in [-0.05, 0) is 43.4 Å². The van der Waals surface area contributed by atoms with E-state index in [4.69, 9.17) is 0 Å². The van der Waals surface area contributed by atoms with Crippen LogP contribution in [0.1, 0.15) is 28.9 Å². The molecule has 2 rings (SSSR count). The van der Waals surface area contributed by atoms with Crippen LogP contribution in [0.25, 0.3) is 0 Å². The lowest BCUT2D eigenvalue weighted by Crippen LogP contribution is -2.00. The monoisotopic (exact) mass is 228 g/mol. The minimum atomic E-state index is 1.05. The summed E-state index contributed by atoms with van der Waals surface area (Å²) in [6.07, 6.45) is 7.24. The van der Waals surface area contributed by atoms with Gasteiger partial charge in [0.15, 0.2) is 0 Å². The van der Waals surface area contributed by atoms with Crippen molar-refractivity contribution in [1.29, 1.82) is 0 Å². The lowest BCUT2D eigenvalue weighted by atomic mass is 9.98. The van der Waals surface area contributed by atoms with Crippen molar-refractivity contribution in [3.05, 3.63) is 53.1 Å². The average Bonchev–Trinajstić information content (AvgIpc) is 2.69. The molecule has 2 aromatic rings. The fourth-order valence-electron chi connectivity index (χ4n) is 2.30. The Morgan fingerprint density at radius 2 is 1.82 bits per heavy atom. The zero-order valence-electron chi connectivity index (χ0n) is 10.9.